The van der Waals surface area contributed by atoms with Gasteiger partial charge in [-0.3, -0.25) is 0 Å². The van der Waals surface area contributed by atoms with Crippen LogP contribution in [0.1, 0.15) is 32.6 Å². The lowest BCUT2D eigenvalue weighted by Gasteiger charge is -2.28. The first-order valence-corrected chi connectivity index (χ1v) is 5.71. The topological polar surface area (TPSA) is 61.5 Å². The van der Waals surface area contributed by atoms with Crippen molar-refractivity contribution in [2.45, 2.75) is 38.7 Å². The second-order valence-electron chi connectivity index (χ2n) is 4.13. The number of carbonyl (C=O) groups excluding carboxylic acids is 1. The van der Waals surface area contributed by atoms with Crippen molar-refractivity contribution in [3.63, 3.8) is 0 Å². The minimum atomic E-state index is -0.262. The lowest BCUT2D eigenvalue weighted by Crippen LogP contribution is -2.30. The van der Waals surface area contributed by atoms with Gasteiger partial charge >= 0.3 is 5.97 Å². The average molecular weight is 215 g/mol. The van der Waals surface area contributed by atoms with E-state index in [0.29, 0.717) is 19.1 Å². The summed E-state index contributed by atoms with van der Waals surface area (Å²) in [6.45, 7) is 3.01. The number of carbonyl (C=O) groups is 1. The van der Waals surface area contributed by atoms with Gasteiger partial charge in [0.1, 0.15) is 12.7 Å². The molecule has 15 heavy (non-hydrogen) atoms. The molecular formula is C11H21NO3. The standard InChI is InChI=1S/C11H21NO3/c1-9-4-2-3-5-10(9)15-11(13)8-14-7-6-12/h9-10H,2-8,12H2,1H3. The number of esters is 1. The molecule has 4 heteroatoms. The highest BCUT2D eigenvalue weighted by Crippen LogP contribution is 2.26. The predicted octanol–water partition coefficient (Wildman–Crippen LogP) is 1.08. The van der Waals surface area contributed by atoms with Crippen LogP contribution in [-0.2, 0) is 14.3 Å². The second-order valence-corrected chi connectivity index (χ2v) is 4.13. The molecule has 1 aliphatic rings. The van der Waals surface area contributed by atoms with E-state index in [9.17, 15) is 4.79 Å². The van der Waals surface area contributed by atoms with Gasteiger partial charge in [-0.15, -0.1) is 0 Å². The summed E-state index contributed by atoms with van der Waals surface area (Å²) in [6.07, 6.45) is 4.64. The van der Waals surface area contributed by atoms with Crippen molar-refractivity contribution in [3.05, 3.63) is 0 Å². The highest BCUT2D eigenvalue weighted by molar-refractivity contribution is 5.70. The van der Waals surface area contributed by atoms with Crippen molar-refractivity contribution in [3.8, 4) is 0 Å². The Kier molecular flexibility index (Phi) is 5.65. The molecule has 2 atom stereocenters. The van der Waals surface area contributed by atoms with Crippen molar-refractivity contribution in [1.82, 2.24) is 0 Å². The third-order valence-electron chi connectivity index (χ3n) is 2.80. The molecule has 0 aromatic heterocycles. The highest BCUT2D eigenvalue weighted by atomic mass is 16.6. The van der Waals surface area contributed by atoms with Gasteiger partial charge in [-0.1, -0.05) is 13.3 Å². The van der Waals surface area contributed by atoms with Crippen LogP contribution in [-0.4, -0.2) is 31.8 Å². The van der Waals surface area contributed by atoms with Gasteiger partial charge in [0.25, 0.3) is 0 Å². The van der Waals surface area contributed by atoms with Gasteiger partial charge in [0.2, 0.25) is 0 Å². The summed E-state index contributed by atoms with van der Waals surface area (Å²) in [7, 11) is 0. The van der Waals surface area contributed by atoms with E-state index in [-0.39, 0.29) is 18.7 Å². The van der Waals surface area contributed by atoms with Crippen LogP contribution in [0.4, 0.5) is 0 Å². The second kappa shape index (κ2) is 6.80. The van der Waals surface area contributed by atoms with Gasteiger partial charge in [0.15, 0.2) is 0 Å². The zero-order valence-electron chi connectivity index (χ0n) is 9.41. The third kappa shape index (κ3) is 4.62. The van der Waals surface area contributed by atoms with E-state index >= 15 is 0 Å². The Morgan fingerprint density at radius 2 is 2.13 bits per heavy atom. The van der Waals surface area contributed by atoms with Crippen molar-refractivity contribution in [2.75, 3.05) is 19.8 Å². The Labute approximate surface area is 91.1 Å². The molecule has 4 nitrogen and oxygen atoms in total. The largest absolute Gasteiger partial charge is 0.460 e. The zero-order chi connectivity index (χ0) is 11.1. The van der Waals surface area contributed by atoms with Crippen LogP contribution in [0.5, 0.6) is 0 Å². The first kappa shape index (κ1) is 12.5. The molecule has 0 aliphatic heterocycles. The molecule has 0 saturated heterocycles. The molecule has 1 saturated carbocycles. The molecule has 0 heterocycles. The maximum atomic E-state index is 11.3. The maximum Gasteiger partial charge on any atom is 0.332 e. The molecule has 88 valence electrons. The molecule has 0 radical (unpaired) electrons. The summed E-state index contributed by atoms with van der Waals surface area (Å²) >= 11 is 0. The van der Waals surface area contributed by atoms with Crippen LogP contribution in [0.25, 0.3) is 0 Å². The van der Waals surface area contributed by atoms with Gasteiger partial charge < -0.3 is 15.2 Å². The average Bonchev–Trinajstić information content (AvgIpc) is 2.22. The van der Waals surface area contributed by atoms with E-state index in [1.54, 1.807) is 0 Å². The minimum Gasteiger partial charge on any atom is -0.460 e. The first-order valence-electron chi connectivity index (χ1n) is 5.71. The molecule has 0 spiro atoms. The quantitative estimate of drug-likeness (QED) is 0.550. The molecule has 1 fully saturated rings. The van der Waals surface area contributed by atoms with Crippen LogP contribution in [0, 0.1) is 5.92 Å². The Bertz CT molecular complexity index is 196. The number of hydrogen-bond donors (Lipinski definition) is 1. The maximum absolute atomic E-state index is 11.3. The van der Waals surface area contributed by atoms with Crippen LogP contribution in [0.15, 0.2) is 0 Å². The molecule has 0 aromatic carbocycles. The zero-order valence-corrected chi connectivity index (χ0v) is 9.41. The number of rotatable bonds is 5. The first-order chi connectivity index (χ1) is 7.24. The summed E-state index contributed by atoms with van der Waals surface area (Å²) in [5.41, 5.74) is 5.24. The SMILES string of the molecule is CC1CCCCC1OC(=O)COCCN. The molecule has 1 aliphatic carbocycles. The van der Waals surface area contributed by atoms with E-state index in [1.165, 1.54) is 6.42 Å². The fraction of sp³-hybridized carbons (Fsp3) is 0.909. The van der Waals surface area contributed by atoms with Crippen LogP contribution >= 0.6 is 0 Å². The van der Waals surface area contributed by atoms with Crippen LogP contribution in [0.2, 0.25) is 0 Å². The van der Waals surface area contributed by atoms with E-state index in [4.69, 9.17) is 15.2 Å². The van der Waals surface area contributed by atoms with Gasteiger partial charge in [-0.2, -0.15) is 0 Å². The van der Waals surface area contributed by atoms with Crippen LogP contribution < -0.4 is 5.73 Å². The molecule has 0 aromatic rings. The lowest BCUT2D eigenvalue weighted by molar-refractivity contribution is -0.158. The van der Waals surface area contributed by atoms with E-state index < -0.39 is 0 Å². The lowest BCUT2D eigenvalue weighted by atomic mass is 9.88. The minimum absolute atomic E-state index is 0.0282. The van der Waals surface area contributed by atoms with Gasteiger partial charge in [0.05, 0.1) is 6.61 Å². The molecule has 1 rings (SSSR count). The van der Waals surface area contributed by atoms with Crippen LogP contribution in [0.3, 0.4) is 0 Å². The van der Waals surface area contributed by atoms with Gasteiger partial charge in [-0.05, 0) is 25.2 Å². The molecule has 2 unspecified atom stereocenters. The number of ether oxygens (including phenoxy) is 2. The predicted molar refractivity (Wildman–Crippen MR) is 57.4 cm³/mol. The highest BCUT2D eigenvalue weighted by Gasteiger charge is 2.24. The summed E-state index contributed by atoms with van der Waals surface area (Å²) < 4.78 is 10.4. The fourth-order valence-electron chi connectivity index (χ4n) is 1.90. The molecule has 0 amide bonds. The molecule has 2 N–H and O–H groups in total. The molecular weight excluding hydrogens is 194 g/mol. The van der Waals surface area contributed by atoms with Gasteiger partial charge in [-0.25, -0.2) is 4.79 Å². The molecule has 0 bridgehead atoms. The van der Waals surface area contributed by atoms with Crippen molar-refractivity contribution < 1.29 is 14.3 Å². The summed E-state index contributed by atoms with van der Waals surface area (Å²) in [4.78, 5) is 11.3. The Hall–Kier alpha value is -0.610. The van der Waals surface area contributed by atoms with E-state index in [2.05, 4.69) is 6.92 Å². The van der Waals surface area contributed by atoms with E-state index in [0.717, 1.165) is 19.3 Å². The number of hydrogen-bond acceptors (Lipinski definition) is 4. The normalized spacial score (nSPS) is 26.3. The third-order valence-corrected chi connectivity index (χ3v) is 2.80. The monoisotopic (exact) mass is 215 g/mol. The summed E-state index contributed by atoms with van der Waals surface area (Å²) in [6, 6.07) is 0. The summed E-state index contributed by atoms with van der Waals surface area (Å²) in [5.74, 6) is 0.222. The smallest absolute Gasteiger partial charge is 0.332 e. The van der Waals surface area contributed by atoms with E-state index in [1.807, 2.05) is 0 Å². The van der Waals surface area contributed by atoms with Gasteiger partial charge in [0, 0.05) is 6.54 Å². The van der Waals surface area contributed by atoms with Crippen molar-refractivity contribution in [2.24, 2.45) is 11.7 Å². The summed E-state index contributed by atoms with van der Waals surface area (Å²) in [5, 5.41) is 0. The fourth-order valence-corrected chi connectivity index (χ4v) is 1.90. The van der Waals surface area contributed by atoms with Crippen molar-refractivity contribution in [1.29, 1.82) is 0 Å². The Balaban J connectivity index is 2.18. The Morgan fingerprint density at radius 3 is 2.80 bits per heavy atom. The Morgan fingerprint density at radius 1 is 1.40 bits per heavy atom. The number of nitrogens with two attached hydrogens (primary N) is 1. The van der Waals surface area contributed by atoms with Crippen molar-refractivity contribution >= 4 is 5.97 Å².